The monoisotopic (exact) mass is 321 g/mol. The second kappa shape index (κ2) is 9.39. The normalized spacial score (nSPS) is 31.5. The van der Waals surface area contributed by atoms with Crippen LogP contribution in [-0.4, -0.2) is 75.3 Å². The molecule has 8 heteroatoms. The van der Waals surface area contributed by atoms with Crippen LogP contribution in [-0.2, 0) is 9.53 Å². The van der Waals surface area contributed by atoms with Crippen molar-refractivity contribution in [3.8, 4) is 0 Å². The average molecular weight is 321 g/mol. The Morgan fingerprint density at radius 3 is 2.36 bits per heavy atom. The number of carboxylic acid groups (broad SMARTS) is 1. The topological polar surface area (TPSA) is 139 Å². The third kappa shape index (κ3) is 5.79. The molecule has 1 fully saturated rings. The zero-order chi connectivity index (χ0) is 16.6. The van der Waals surface area contributed by atoms with Crippen molar-refractivity contribution >= 4 is 5.97 Å². The molecule has 8 nitrogen and oxygen atoms in total. The molecule has 0 spiro atoms. The summed E-state index contributed by atoms with van der Waals surface area (Å²) in [6, 6.07) is 0. The van der Waals surface area contributed by atoms with Gasteiger partial charge in [-0.15, -0.1) is 0 Å². The second-order valence-electron chi connectivity index (χ2n) is 5.71. The lowest BCUT2D eigenvalue weighted by Gasteiger charge is -2.22. The quantitative estimate of drug-likeness (QED) is 0.261. The number of hydrogen-bond acceptors (Lipinski definition) is 7. The Kier molecular flexibility index (Phi) is 8.23. The van der Waals surface area contributed by atoms with Crippen LogP contribution in [0.25, 0.3) is 0 Å². The number of aliphatic carboxylic acids is 1. The summed E-state index contributed by atoms with van der Waals surface area (Å²) >= 11 is 0. The number of aliphatic hydroxyl groups excluding tert-OH is 3. The van der Waals surface area contributed by atoms with Gasteiger partial charge >= 0.3 is 5.97 Å². The molecule has 0 aromatic heterocycles. The van der Waals surface area contributed by atoms with Crippen molar-refractivity contribution in [3.63, 3.8) is 0 Å². The molecule has 22 heavy (non-hydrogen) atoms. The number of aliphatic hydroxyl groups is 4. The molecule has 1 saturated heterocycles. The summed E-state index contributed by atoms with van der Waals surface area (Å²) in [5.41, 5.74) is 0. The van der Waals surface area contributed by atoms with Crippen molar-refractivity contribution in [2.24, 2.45) is 0 Å². The van der Waals surface area contributed by atoms with E-state index in [1.165, 1.54) is 0 Å². The van der Waals surface area contributed by atoms with Gasteiger partial charge in [-0.2, -0.15) is 0 Å². The van der Waals surface area contributed by atoms with E-state index in [1.807, 2.05) is 0 Å². The van der Waals surface area contributed by atoms with Crippen LogP contribution >= 0.6 is 0 Å². The first-order valence-corrected chi connectivity index (χ1v) is 7.70. The first-order valence-electron chi connectivity index (χ1n) is 7.70. The van der Waals surface area contributed by atoms with Crippen LogP contribution in [0.3, 0.4) is 0 Å². The molecule has 0 aromatic rings. The van der Waals surface area contributed by atoms with Gasteiger partial charge in [0.15, 0.2) is 0 Å². The molecule has 0 aromatic carbocycles. The maximum Gasteiger partial charge on any atom is 0.303 e. The number of carboxylic acids is 1. The SMILES string of the molecule is O=C(O)CCCCCCCNC[C@@H]1O[C@](O)(CO)[C@@H](O)[C@@H]1O. The third-order valence-corrected chi connectivity index (χ3v) is 3.84. The Balaban J connectivity index is 2.05. The molecule has 0 radical (unpaired) electrons. The highest BCUT2D eigenvalue weighted by Gasteiger charge is 2.52. The fourth-order valence-electron chi connectivity index (χ4n) is 2.47. The Bertz CT molecular complexity index is 341. The van der Waals surface area contributed by atoms with E-state index in [-0.39, 0.29) is 13.0 Å². The van der Waals surface area contributed by atoms with E-state index in [0.29, 0.717) is 13.0 Å². The van der Waals surface area contributed by atoms with Gasteiger partial charge in [0, 0.05) is 13.0 Å². The molecule has 0 unspecified atom stereocenters. The van der Waals surface area contributed by atoms with Gasteiger partial charge < -0.3 is 35.6 Å². The maximum atomic E-state index is 10.3. The standard InChI is InChI=1S/C14H27NO7/c16-9-14(21)13(20)12(19)10(22-14)8-15-7-5-3-1-2-4-6-11(17)18/h10,12-13,15-16,19-21H,1-9H2,(H,17,18)/t10-,12+,13-,14+/m0/s1. The molecule has 1 aliphatic heterocycles. The van der Waals surface area contributed by atoms with E-state index in [2.05, 4.69) is 5.32 Å². The molecule has 1 aliphatic rings. The van der Waals surface area contributed by atoms with E-state index in [4.69, 9.17) is 14.9 Å². The van der Waals surface area contributed by atoms with Gasteiger partial charge in [-0.1, -0.05) is 19.3 Å². The van der Waals surface area contributed by atoms with E-state index in [0.717, 1.165) is 25.7 Å². The van der Waals surface area contributed by atoms with Gasteiger partial charge in [-0.3, -0.25) is 4.79 Å². The number of ether oxygens (including phenoxy) is 1. The van der Waals surface area contributed by atoms with Crippen molar-refractivity contribution in [1.82, 2.24) is 5.32 Å². The minimum absolute atomic E-state index is 0.214. The fourth-order valence-corrected chi connectivity index (χ4v) is 2.47. The van der Waals surface area contributed by atoms with Crippen LogP contribution in [0.2, 0.25) is 0 Å². The number of unbranched alkanes of at least 4 members (excludes halogenated alkanes) is 4. The lowest BCUT2D eigenvalue weighted by molar-refractivity contribution is -0.245. The highest BCUT2D eigenvalue weighted by atomic mass is 16.7. The van der Waals surface area contributed by atoms with Crippen LogP contribution in [0, 0.1) is 0 Å². The molecular weight excluding hydrogens is 294 g/mol. The lowest BCUT2D eigenvalue weighted by atomic mass is 10.1. The van der Waals surface area contributed by atoms with Crippen LogP contribution in [0.5, 0.6) is 0 Å². The smallest absolute Gasteiger partial charge is 0.303 e. The average Bonchev–Trinajstić information content (AvgIpc) is 2.70. The predicted molar refractivity (Wildman–Crippen MR) is 77.1 cm³/mol. The second-order valence-corrected chi connectivity index (χ2v) is 5.71. The molecule has 0 amide bonds. The van der Waals surface area contributed by atoms with Crippen molar-refractivity contribution < 1.29 is 35.1 Å². The summed E-state index contributed by atoms with van der Waals surface area (Å²) in [7, 11) is 0. The van der Waals surface area contributed by atoms with Crippen molar-refractivity contribution in [3.05, 3.63) is 0 Å². The van der Waals surface area contributed by atoms with Gasteiger partial charge in [0.1, 0.15) is 18.3 Å². The number of carbonyl (C=O) groups is 1. The van der Waals surface area contributed by atoms with Crippen LogP contribution in [0.4, 0.5) is 0 Å². The Labute approximate surface area is 129 Å². The zero-order valence-corrected chi connectivity index (χ0v) is 12.6. The van der Waals surface area contributed by atoms with Crippen molar-refractivity contribution in [1.29, 1.82) is 0 Å². The fraction of sp³-hybridized carbons (Fsp3) is 0.929. The summed E-state index contributed by atoms with van der Waals surface area (Å²) < 4.78 is 5.09. The molecule has 130 valence electrons. The lowest BCUT2D eigenvalue weighted by Crippen LogP contribution is -2.46. The molecule has 1 rings (SSSR count). The van der Waals surface area contributed by atoms with Crippen molar-refractivity contribution in [2.45, 2.75) is 62.6 Å². The van der Waals surface area contributed by atoms with Crippen LogP contribution < -0.4 is 5.32 Å². The Hall–Kier alpha value is -0.770. The van der Waals surface area contributed by atoms with Gasteiger partial charge in [-0.25, -0.2) is 0 Å². The van der Waals surface area contributed by atoms with E-state index < -0.39 is 36.7 Å². The molecule has 0 bridgehead atoms. The largest absolute Gasteiger partial charge is 0.481 e. The van der Waals surface area contributed by atoms with E-state index in [1.54, 1.807) is 0 Å². The summed E-state index contributed by atoms with van der Waals surface area (Å²) in [5, 5.41) is 49.6. The van der Waals surface area contributed by atoms with E-state index >= 15 is 0 Å². The number of nitrogens with one attached hydrogen (secondary N) is 1. The first-order chi connectivity index (χ1) is 10.4. The van der Waals surface area contributed by atoms with Gasteiger partial charge in [0.2, 0.25) is 5.79 Å². The molecule has 1 heterocycles. The Morgan fingerprint density at radius 2 is 1.77 bits per heavy atom. The van der Waals surface area contributed by atoms with Crippen LogP contribution in [0.15, 0.2) is 0 Å². The maximum absolute atomic E-state index is 10.3. The summed E-state index contributed by atoms with van der Waals surface area (Å²) in [5.74, 6) is -2.86. The van der Waals surface area contributed by atoms with Gasteiger partial charge in [0.25, 0.3) is 0 Å². The molecule has 0 saturated carbocycles. The molecule has 0 aliphatic carbocycles. The summed E-state index contributed by atoms with van der Waals surface area (Å²) in [6.07, 6.45) is 1.11. The molecule has 4 atom stereocenters. The van der Waals surface area contributed by atoms with Crippen LogP contribution in [0.1, 0.15) is 38.5 Å². The van der Waals surface area contributed by atoms with Gasteiger partial charge in [-0.05, 0) is 19.4 Å². The number of rotatable bonds is 11. The highest BCUT2D eigenvalue weighted by Crippen LogP contribution is 2.28. The predicted octanol–water partition coefficient (Wildman–Crippen LogP) is -1.20. The summed E-state index contributed by atoms with van der Waals surface area (Å²) in [6.45, 7) is 0.177. The van der Waals surface area contributed by atoms with E-state index in [9.17, 15) is 20.1 Å². The highest BCUT2D eigenvalue weighted by molar-refractivity contribution is 5.66. The minimum Gasteiger partial charge on any atom is -0.481 e. The van der Waals surface area contributed by atoms with Gasteiger partial charge in [0.05, 0.1) is 6.61 Å². The third-order valence-electron chi connectivity index (χ3n) is 3.84. The first kappa shape index (κ1) is 19.3. The number of hydrogen-bond donors (Lipinski definition) is 6. The Morgan fingerprint density at radius 1 is 1.14 bits per heavy atom. The van der Waals surface area contributed by atoms with Crippen molar-refractivity contribution in [2.75, 3.05) is 19.7 Å². The minimum atomic E-state index is -2.10. The molecular formula is C14H27NO7. The molecule has 6 N–H and O–H groups in total. The summed E-state index contributed by atoms with van der Waals surface area (Å²) in [4.78, 5) is 10.3. The zero-order valence-electron chi connectivity index (χ0n) is 12.6.